The molecule has 186 valence electrons. The van der Waals surface area contributed by atoms with Gasteiger partial charge in [0.15, 0.2) is 14.6 Å². The summed E-state index contributed by atoms with van der Waals surface area (Å²) in [7, 11) is -1.82. The molecule has 1 aliphatic rings. The Hall–Kier alpha value is -0.626. The maximum absolute atomic E-state index is 6.78. The lowest BCUT2D eigenvalue weighted by Gasteiger charge is -2.38. The minimum atomic E-state index is -1.86. The monoisotopic (exact) mass is 482 g/mol. The third-order valence-electron chi connectivity index (χ3n) is 6.33. The largest absolute Gasteiger partial charge is 0.549 e. The van der Waals surface area contributed by atoms with E-state index in [4.69, 9.17) is 18.3 Å². The van der Waals surface area contributed by atoms with Crippen molar-refractivity contribution in [1.82, 2.24) is 0 Å². The molecule has 1 fully saturated rings. The molecule has 0 radical (unpaired) electrons. The second-order valence-corrected chi connectivity index (χ2v) is 20.8. The molecular weight excluding hydrogens is 432 g/mol. The summed E-state index contributed by atoms with van der Waals surface area (Å²) < 4.78 is 24.3. The van der Waals surface area contributed by atoms with Crippen LogP contribution in [0.4, 0.5) is 0 Å². The average molecular weight is 483 g/mol. The van der Waals surface area contributed by atoms with Crippen molar-refractivity contribution < 1.29 is 18.3 Å². The van der Waals surface area contributed by atoms with Gasteiger partial charge >= 0.3 is 0 Å². The van der Waals surface area contributed by atoms with Gasteiger partial charge in [-0.25, -0.2) is 0 Å². The number of rotatable bonds is 12. The first kappa shape index (κ1) is 29.4. The third kappa shape index (κ3) is 10.5. The lowest BCUT2D eigenvalue weighted by atomic mass is 10.1. The predicted octanol–water partition coefficient (Wildman–Crippen LogP) is 7.95. The smallest absolute Gasteiger partial charge is 0.241 e. The summed E-state index contributed by atoms with van der Waals surface area (Å²) in [5.74, 6) is 0. The first-order valence-corrected chi connectivity index (χ1v) is 18.7. The first-order valence-electron chi connectivity index (χ1n) is 12.4. The van der Waals surface area contributed by atoms with Gasteiger partial charge in [0.2, 0.25) is 8.32 Å². The molecule has 0 aromatic carbocycles. The number of hydrogen-bond acceptors (Lipinski definition) is 4. The molecule has 3 atom stereocenters. The molecule has 0 aliphatic heterocycles. The van der Waals surface area contributed by atoms with Crippen LogP contribution in [0, 0.1) is 0 Å². The molecule has 0 saturated heterocycles. The van der Waals surface area contributed by atoms with E-state index in [0.717, 1.165) is 19.3 Å². The zero-order chi connectivity index (χ0) is 24.6. The summed E-state index contributed by atoms with van der Waals surface area (Å²) >= 11 is 0. The SMILES string of the molecule is CCCCCC(C=C=C1C[C@H](OC(C)OC)C/C1=C/O[Si](C)(C)C)O[Si](C)(C)C(C)(C)C. The predicted molar refractivity (Wildman–Crippen MR) is 141 cm³/mol. The molecule has 6 heteroatoms. The molecule has 0 N–H and O–H groups in total. The van der Waals surface area contributed by atoms with Crippen molar-refractivity contribution in [2.24, 2.45) is 0 Å². The van der Waals surface area contributed by atoms with E-state index in [0.29, 0.717) is 0 Å². The van der Waals surface area contributed by atoms with Crippen LogP contribution in [0.5, 0.6) is 0 Å². The van der Waals surface area contributed by atoms with Gasteiger partial charge in [-0.1, -0.05) is 47.0 Å². The van der Waals surface area contributed by atoms with Gasteiger partial charge in [0.25, 0.3) is 0 Å². The van der Waals surface area contributed by atoms with Crippen molar-refractivity contribution in [2.45, 2.75) is 129 Å². The summed E-state index contributed by atoms with van der Waals surface area (Å²) in [6, 6.07) is 0. The zero-order valence-corrected chi connectivity index (χ0v) is 24.8. The van der Waals surface area contributed by atoms with Crippen molar-refractivity contribution in [3.8, 4) is 0 Å². The summed E-state index contributed by atoms with van der Waals surface area (Å²) in [6.45, 7) is 22.4. The van der Waals surface area contributed by atoms with E-state index in [2.05, 4.69) is 72.2 Å². The number of ether oxygens (including phenoxy) is 2. The second kappa shape index (κ2) is 12.7. The number of methoxy groups -OCH3 is 1. The molecule has 4 nitrogen and oxygen atoms in total. The number of unbranched alkanes of at least 4 members (excludes halogenated alkanes) is 2. The lowest BCUT2D eigenvalue weighted by molar-refractivity contribution is -0.140. The molecule has 0 spiro atoms. The van der Waals surface area contributed by atoms with Crippen LogP contribution >= 0.6 is 0 Å². The van der Waals surface area contributed by atoms with E-state index in [-0.39, 0.29) is 23.5 Å². The van der Waals surface area contributed by atoms with Gasteiger partial charge in [-0.3, -0.25) is 0 Å². The quantitative estimate of drug-likeness (QED) is 0.0929. The fourth-order valence-electron chi connectivity index (χ4n) is 3.26. The topological polar surface area (TPSA) is 36.9 Å². The van der Waals surface area contributed by atoms with Crippen molar-refractivity contribution >= 4 is 16.6 Å². The van der Waals surface area contributed by atoms with Crippen molar-refractivity contribution in [3.05, 3.63) is 29.2 Å². The molecule has 0 heterocycles. The van der Waals surface area contributed by atoms with Crippen LogP contribution in [-0.4, -0.2) is 42.2 Å². The Morgan fingerprint density at radius 3 is 2.28 bits per heavy atom. The van der Waals surface area contributed by atoms with Gasteiger partial charge in [0.05, 0.1) is 18.5 Å². The highest BCUT2D eigenvalue weighted by Gasteiger charge is 2.38. The van der Waals surface area contributed by atoms with Gasteiger partial charge in [0, 0.05) is 25.5 Å². The van der Waals surface area contributed by atoms with E-state index < -0.39 is 16.6 Å². The van der Waals surface area contributed by atoms with E-state index in [1.807, 2.05) is 13.2 Å². The van der Waals surface area contributed by atoms with E-state index in [1.54, 1.807) is 7.11 Å². The molecule has 1 rings (SSSR count). The molecule has 0 amide bonds. The van der Waals surface area contributed by atoms with E-state index in [9.17, 15) is 0 Å². The Morgan fingerprint density at radius 2 is 1.75 bits per heavy atom. The summed E-state index contributed by atoms with van der Waals surface area (Å²) in [4.78, 5) is 0. The van der Waals surface area contributed by atoms with Crippen LogP contribution in [-0.2, 0) is 18.3 Å². The third-order valence-corrected chi connectivity index (χ3v) is 11.7. The Morgan fingerprint density at radius 1 is 1.09 bits per heavy atom. The van der Waals surface area contributed by atoms with Crippen molar-refractivity contribution in [2.75, 3.05) is 7.11 Å². The van der Waals surface area contributed by atoms with E-state index >= 15 is 0 Å². The maximum Gasteiger partial charge on any atom is 0.241 e. The van der Waals surface area contributed by atoms with Gasteiger partial charge in [-0.05, 0) is 62.8 Å². The fourth-order valence-corrected chi connectivity index (χ4v) is 5.05. The summed E-state index contributed by atoms with van der Waals surface area (Å²) in [6.07, 6.45) is 10.5. The molecule has 0 aromatic rings. The lowest BCUT2D eigenvalue weighted by Crippen LogP contribution is -2.43. The normalized spacial score (nSPS) is 20.9. The minimum Gasteiger partial charge on any atom is -0.549 e. The highest BCUT2D eigenvalue weighted by atomic mass is 28.4. The molecule has 0 aromatic heterocycles. The molecule has 1 aliphatic carbocycles. The van der Waals surface area contributed by atoms with Crippen LogP contribution in [0.2, 0.25) is 37.8 Å². The highest BCUT2D eigenvalue weighted by Crippen LogP contribution is 2.38. The van der Waals surface area contributed by atoms with E-state index in [1.165, 1.54) is 30.4 Å². The second-order valence-electron chi connectivity index (χ2n) is 11.5. The standard InChI is InChI=1S/C26H50O4Si2/c1-12-13-14-15-24(30-32(10,11)26(3,4)5)17-16-22-18-25(29-21(2)27-6)19-23(22)20-28-31(7,8)9/h17,20-21,24-25H,12-15,18-19H2,1-11H3/b23-20-/t16?,21?,24?,25-/m0/s1. The molecule has 0 bridgehead atoms. The Kier molecular flexibility index (Phi) is 11.7. The molecular formula is C26H50O4Si2. The molecule has 2 unspecified atom stereocenters. The Balaban J connectivity index is 3.18. The first-order chi connectivity index (χ1) is 14.7. The van der Waals surface area contributed by atoms with Crippen LogP contribution in [0.15, 0.2) is 29.2 Å². The van der Waals surface area contributed by atoms with Crippen molar-refractivity contribution in [1.29, 1.82) is 0 Å². The van der Waals surface area contributed by atoms with Crippen LogP contribution in [0.25, 0.3) is 0 Å². The van der Waals surface area contributed by atoms with Gasteiger partial charge in [-0.2, -0.15) is 0 Å². The highest BCUT2D eigenvalue weighted by molar-refractivity contribution is 6.74. The molecule has 1 saturated carbocycles. The zero-order valence-electron chi connectivity index (χ0n) is 22.8. The summed E-state index contributed by atoms with van der Waals surface area (Å²) in [5.41, 5.74) is 5.99. The average Bonchev–Trinajstić information content (AvgIpc) is 3.04. The molecule has 32 heavy (non-hydrogen) atoms. The Bertz CT molecular complexity index is 664. The van der Waals surface area contributed by atoms with Crippen molar-refractivity contribution in [3.63, 3.8) is 0 Å². The Labute approximate surface area is 200 Å². The van der Waals surface area contributed by atoms with Gasteiger partial charge < -0.3 is 18.3 Å². The fraction of sp³-hybridized carbons (Fsp3) is 0.808. The minimum absolute atomic E-state index is 0.0946. The van der Waals surface area contributed by atoms with Gasteiger partial charge in [0.1, 0.15) is 0 Å². The van der Waals surface area contributed by atoms with Gasteiger partial charge in [-0.15, -0.1) is 5.73 Å². The van der Waals surface area contributed by atoms with Crippen LogP contribution in [0.3, 0.4) is 0 Å². The van der Waals surface area contributed by atoms with Crippen LogP contribution in [0.1, 0.15) is 73.1 Å². The van der Waals surface area contributed by atoms with Crippen LogP contribution < -0.4 is 0 Å². The summed E-state index contributed by atoms with van der Waals surface area (Å²) in [5, 5.41) is 0.190. The number of hydrogen-bond donors (Lipinski definition) is 0. The maximum atomic E-state index is 6.78.